The highest BCUT2D eigenvalue weighted by atomic mass is 32.1. The number of rotatable bonds is 2. The lowest BCUT2D eigenvalue weighted by Crippen LogP contribution is -2.06. The molecule has 1 unspecified atom stereocenters. The lowest BCUT2D eigenvalue weighted by Gasteiger charge is -2.15. The van der Waals surface area contributed by atoms with E-state index in [1.54, 1.807) is 6.07 Å². The molecule has 102 valence electrons. The maximum Gasteiger partial charge on any atom is 0.178 e. The van der Waals surface area contributed by atoms with Gasteiger partial charge < -0.3 is 9.55 Å². The second-order valence-corrected chi connectivity index (χ2v) is 5.43. The quantitative estimate of drug-likeness (QED) is 0.674. The molecular formula is C16H15FN2S. The fourth-order valence-electron chi connectivity index (χ4n) is 2.47. The Morgan fingerprint density at radius 2 is 1.85 bits per heavy atom. The van der Waals surface area contributed by atoms with Gasteiger partial charge in [-0.2, -0.15) is 0 Å². The van der Waals surface area contributed by atoms with Gasteiger partial charge in [0.05, 0.1) is 17.1 Å². The van der Waals surface area contributed by atoms with E-state index in [-0.39, 0.29) is 11.9 Å². The van der Waals surface area contributed by atoms with Gasteiger partial charge in [-0.05, 0) is 49.8 Å². The predicted octanol–water partition coefficient (Wildman–Crippen LogP) is 4.76. The van der Waals surface area contributed by atoms with Crippen LogP contribution in [0.2, 0.25) is 0 Å². The zero-order valence-electron chi connectivity index (χ0n) is 11.4. The molecule has 1 N–H and O–H groups in total. The van der Waals surface area contributed by atoms with Crippen molar-refractivity contribution in [2.45, 2.75) is 19.9 Å². The van der Waals surface area contributed by atoms with E-state index in [1.807, 2.05) is 4.57 Å². The molecule has 0 spiro atoms. The summed E-state index contributed by atoms with van der Waals surface area (Å²) in [6.45, 7) is 4.12. The number of hydrogen-bond donors (Lipinski definition) is 1. The van der Waals surface area contributed by atoms with E-state index in [2.05, 4.69) is 43.1 Å². The average Bonchev–Trinajstić information content (AvgIpc) is 2.74. The summed E-state index contributed by atoms with van der Waals surface area (Å²) in [5, 5.41) is 0. The van der Waals surface area contributed by atoms with Crippen molar-refractivity contribution in [3.8, 4) is 0 Å². The summed E-state index contributed by atoms with van der Waals surface area (Å²) in [5.41, 5.74) is 4.02. The number of aromatic amines is 1. The molecule has 0 saturated heterocycles. The van der Waals surface area contributed by atoms with E-state index in [4.69, 9.17) is 12.2 Å². The molecule has 0 aliphatic carbocycles. The van der Waals surface area contributed by atoms with Gasteiger partial charge in [0, 0.05) is 0 Å². The molecule has 0 fully saturated rings. The van der Waals surface area contributed by atoms with Gasteiger partial charge in [-0.25, -0.2) is 4.39 Å². The predicted molar refractivity (Wildman–Crippen MR) is 82.1 cm³/mol. The molecule has 0 saturated carbocycles. The lowest BCUT2D eigenvalue weighted by atomic mass is 10.1. The van der Waals surface area contributed by atoms with Crippen molar-refractivity contribution in [2.24, 2.45) is 0 Å². The summed E-state index contributed by atoms with van der Waals surface area (Å²) < 4.78 is 16.1. The standard InChI is InChI=1S/C16H15FN2S/c1-10-3-5-12(6-4-10)11(2)19-15-9-13(17)7-8-14(15)18-16(19)20/h3-9,11H,1-2H3,(H,18,20). The number of imidazole rings is 1. The molecule has 2 aromatic carbocycles. The second kappa shape index (κ2) is 4.87. The first-order valence-electron chi connectivity index (χ1n) is 6.52. The summed E-state index contributed by atoms with van der Waals surface area (Å²) in [7, 11) is 0. The monoisotopic (exact) mass is 286 g/mol. The van der Waals surface area contributed by atoms with Crippen molar-refractivity contribution in [2.75, 3.05) is 0 Å². The summed E-state index contributed by atoms with van der Waals surface area (Å²) >= 11 is 5.38. The van der Waals surface area contributed by atoms with Crippen LogP contribution in [0.25, 0.3) is 11.0 Å². The van der Waals surface area contributed by atoms with E-state index in [0.717, 1.165) is 16.6 Å². The van der Waals surface area contributed by atoms with Gasteiger partial charge in [0.1, 0.15) is 5.82 Å². The second-order valence-electron chi connectivity index (χ2n) is 5.05. The average molecular weight is 286 g/mol. The maximum absolute atomic E-state index is 13.5. The molecule has 20 heavy (non-hydrogen) atoms. The van der Waals surface area contributed by atoms with Crippen LogP contribution in [0, 0.1) is 17.5 Å². The number of aryl methyl sites for hydroxylation is 1. The van der Waals surface area contributed by atoms with Crippen LogP contribution in [0.15, 0.2) is 42.5 Å². The first-order chi connectivity index (χ1) is 9.56. The minimum absolute atomic E-state index is 0.0543. The summed E-state index contributed by atoms with van der Waals surface area (Å²) in [6, 6.07) is 13.0. The van der Waals surface area contributed by atoms with E-state index >= 15 is 0 Å². The topological polar surface area (TPSA) is 20.7 Å². The Labute approximate surface area is 121 Å². The first-order valence-corrected chi connectivity index (χ1v) is 6.93. The van der Waals surface area contributed by atoms with Crippen molar-refractivity contribution in [1.29, 1.82) is 0 Å². The third-order valence-electron chi connectivity index (χ3n) is 3.63. The molecule has 0 aliphatic rings. The van der Waals surface area contributed by atoms with E-state index in [0.29, 0.717) is 4.77 Å². The fourth-order valence-corrected chi connectivity index (χ4v) is 2.84. The molecule has 0 aliphatic heterocycles. The zero-order valence-corrected chi connectivity index (χ0v) is 12.2. The molecule has 3 aromatic rings. The fraction of sp³-hybridized carbons (Fsp3) is 0.188. The Morgan fingerprint density at radius 3 is 2.55 bits per heavy atom. The van der Waals surface area contributed by atoms with E-state index < -0.39 is 0 Å². The lowest BCUT2D eigenvalue weighted by molar-refractivity contribution is 0.622. The normalized spacial score (nSPS) is 12.8. The van der Waals surface area contributed by atoms with Gasteiger partial charge in [0.15, 0.2) is 4.77 Å². The third-order valence-corrected chi connectivity index (χ3v) is 3.93. The highest BCUT2D eigenvalue weighted by molar-refractivity contribution is 7.71. The molecule has 4 heteroatoms. The highest BCUT2D eigenvalue weighted by Crippen LogP contribution is 2.25. The Balaban J connectivity index is 2.18. The molecule has 0 bridgehead atoms. The van der Waals surface area contributed by atoms with Gasteiger partial charge >= 0.3 is 0 Å². The Hall–Kier alpha value is -1.94. The summed E-state index contributed by atoms with van der Waals surface area (Å²) in [6.07, 6.45) is 0. The van der Waals surface area contributed by atoms with E-state index in [9.17, 15) is 4.39 Å². The minimum atomic E-state index is -0.253. The number of benzene rings is 2. The molecule has 1 atom stereocenters. The van der Waals surface area contributed by atoms with Gasteiger partial charge in [-0.3, -0.25) is 0 Å². The van der Waals surface area contributed by atoms with Crippen molar-refractivity contribution < 1.29 is 4.39 Å². The number of nitrogens with zero attached hydrogens (tertiary/aromatic N) is 1. The SMILES string of the molecule is Cc1ccc(C(C)n2c(=S)[nH]c3ccc(F)cc32)cc1. The molecule has 3 rings (SSSR count). The first kappa shape index (κ1) is 13.1. The minimum Gasteiger partial charge on any atom is -0.331 e. The van der Waals surface area contributed by atoms with Crippen LogP contribution < -0.4 is 0 Å². The number of aromatic nitrogens is 2. The van der Waals surface area contributed by atoms with Crippen LogP contribution in [0.4, 0.5) is 4.39 Å². The van der Waals surface area contributed by atoms with E-state index in [1.165, 1.54) is 17.7 Å². The van der Waals surface area contributed by atoms with Crippen LogP contribution in [0.3, 0.4) is 0 Å². The van der Waals surface area contributed by atoms with Crippen LogP contribution in [0.1, 0.15) is 24.1 Å². The number of nitrogens with one attached hydrogen (secondary N) is 1. The van der Waals surface area contributed by atoms with Crippen LogP contribution in [-0.4, -0.2) is 9.55 Å². The van der Waals surface area contributed by atoms with Crippen molar-refractivity contribution >= 4 is 23.3 Å². The van der Waals surface area contributed by atoms with Gasteiger partial charge in [-0.1, -0.05) is 29.8 Å². The van der Waals surface area contributed by atoms with Crippen LogP contribution in [0.5, 0.6) is 0 Å². The highest BCUT2D eigenvalue weighted by Gasteiger charge is 2.13. The molecule has 1 heterocycles. The molecule has 2 nitrogen and oxygen atoms in total. The largest absolute Gasteiger partial charge is 0.331 e. The summed E-state index contributed by atoms with van der Waals surface area (Å²) in [5.74, 6) is -0.253. The zero-order chi connectivity index (χ0) is 14.3. The van der Waals surface area contributed by atoms with Gasteiger partial charge in [0.25, 0.3) is 0 Å². The Kier molecular flexibility index (Phi) is 3.18. The molecule has 1 aromatic heterocycles. The number of fused-ring (bicyclic) bond motifs is 1. The van der Waals surface area contributed by atoms with Crippen molar-refractivity contribution in [3.05, 3.63) is 64.2 Å². The summed E-state index contributed by atoms with van der Waals surface area (Å²) in [4.78, 5) is 3.13. The smallest absolute Gasteiger partial charge is 0.178 e. The number of hydrogen-bond acceptors (Lipinski definition) is 1. The van der Waals surface area contributed by atoms with Crippen LogP contribution in [-0.2, 0) is 0 Å². The van der Waals surface area contributed by atoms with Gasteiger partial charge in [-0.15, -0.1) is 0 Å². The van der Waals surface area contributed by atoms with Crippen LogP contribution >= 0.6 is 12.2 Å². The Morgan fingerprint density at radius 1 is 1.15 bits per heavy atom. The maximum atomic E-state index is 13.5. The third kappa shape index (κ3) is 2.16. The molecule has 0 radical (unpaired) electrons. The molecule has 0 amide bonds. The van der Waals surface area contributed by atoms with Gasteiger partial charge in [0.2, 0.25) is 0 Å². The number of H-pyrrole nitrogens is 1. The van der Waals surface area contributed by atoms with Crippen molar-refractivity contribution in [3.63, 3.8) is 0 Å². The molecular weight excluding hydrogens is 271 g/mol. The Bertz CT molecular complexity index is 815. The van der Waals surface area contributed by atoms with Crippen molar-refractivity contribution in [1.82, 2.24) is 9.55 Å². The number of halogens is 1.